The first-order valence-corrected chi connectivity index (χ1v) is 9.39. The Morgan fingerprint density at radius 1 is 1.00 bits per heavy atom. The van der Waals surface area contributed by atoms with Gasteiger partial charge in [0.2, 0.25) is 0 Å². The van der Waals surface area contributed by atoms with Crippen molar-refractivity contribution >= 4 is 46.4 Å². The monoisotopic (exact) mass is 371 g/mol. The largest absolute Gasteiger partial charge is 0.272 e. The van der Waals surface area contributed by atoms with Gasteiger partial charge in [-0.15, -0.1) is 11.8 Å². The second-order valence-electron chi connectivity index (χ2n) is 5.88. The molecule has 0 spiro atoms. The zero-order valence-corrected chi connectivity index (χ0v) is 15.9. The number of hydrogen-bond acceptors (Lipinski definition) is 3. The van der Waals surface area contributed by atoms with E-state index in [1.54, 1.807) is 24.3 Å². The van der Waals surface area contributed by atoms with Gasteiger partial charge in [0.05, 0.1) is 16.2 Å². The maximum Gasteiger partial charge on any atom is 0.272 e. The lowest BCUT2D eigenvalue weighted by molar-refractivity contribution is -0.119. The second kappa shape index (κ2) is 7.06. The molecule has 0 saturated carbocycles. The molecule has 3 nitrogen and oxygen atoms in total. The molecular weight excluding hydrogens is 354 g/mol. The van der Waals surface area contributed by atoms with Crippen LogP contribution in [0.2, 0.25) is 5.02 Å². The van der Waals surface area contributed by atoms with Gasteiger partial charge in [-0.2, -0.15) is 0 Å². The molecular formula is C20H18ClNO2S. The number of hydrogen-bond donors (Lipinski definition) is 0. The minimum atomic E-state index is -0.281. The quantitative estimate of drug-likeness (QED) is 0.710. The van der Waals surface area contributed by atoms with E-state index in [1.807, 2.05) is 39.0 Å². The molecule has 0 atom stereocenters. The summed E-state index contributed by atoms with van der Waals surface area (Å²) in [6, 6.07) is 12.8. The van der Waals surface area contributed by atoms with E-state index in [9.17, 15) is 9.59 Å². The smallest absolute Gasteiger partial charge is 0.268 e. The van der Waals surface area contributed by atoms with E-state index in [0.29, 0.717) is 32.5 Å². The molecule has 2 aromatic carbocycles. The van der Waals surface area contributed by atoms with Crippen molar-refractivity contribution < 1.29 is 9.59 Å². The highest BCUT2D eigenvalue weighted by Crippen LogP contribution is 2.39. The molecule has 0 saturated heterocycles. The third-order valence-corrected chi connectivity index (χ3v) is 5.28. The minimum Gasteiger partial charge on any atom is -0.268 e. The predicted octanol–water partition coefficient (Wildman–Crippen LogP) is 4.99. The van der Waals surface area contributed by atoms with Crippen LogP contribution in [0.15, 0.2) is 47.4 Å². The first kappa shape index (κ1) is 17.8. The van der Waals surface area contributed by atoms with Gasteiger partial charge in [0.15, 0.2) is 0 Å². The van der Waals surface area contributed by atoms with Crippen LogP contribution in [0, 0.1) is 13.8 Å². The summed E-state index contributed by atoms with van der Waals surface area (Å²) in [6.07, 6.45) is 0. The van der Waals surface area contributed by atoms with Crippen molar-refractivity contribution in [1.82, 2.24) is 0 Å². The van der Waals surface area contributed by atoms with Crippen LogP contribution in [-0.2, 0) is 9.59 Å². The van der Waals surface area contributed by atoms with Crippen molar-refractivity contribution in [3.63, 3.8) is 0 Å². The summed E-state index contributed by atoms with van der Waals surface area (Å²) in [5.41, 5.74) is 3.71. The maximum absolute atomic E-state index is 13.2. The van der Waals surface area contributed by atoms with Crippen molar-refractivity contribution in [2.24, 2.45) is 0 Å². The molecule has 1 heterocycles. The lowest BCUT2D eigenvalue weighted by atomic mass is 10.1. The van der Waals surface area contributed by atoms with E-state index in [1.165, 1.54) is 16.7 Å². The van der Waals surface area contributed by atoms with Crippen LogP contribution in [0.1, 0.15) is 23.6 Å². The molecule has 0 radical (unpaired) electrons. The molecule has 25 heavy (non-hydrogen) atoms. The van der Waals surface area contributed by atoms with Gasteiger partial charge in [-0.05, 0) is 54.5 Å². The van der Waals surface area contributed by atoms with Crippen LogP contribution in [0.4, 0.5) is 5.69 Å². The van der Waals surface area contributed by atoms with Crippen molar-refractivity contribution in [2.45, 2.75) is 20.8 Å². The number of nitrogens with zero attached hydrogens (tertiary/aromatic N) is 1. The number of anilines is 1. The number of imide groups is 1. The van der Waals surface area contributed by atoms with Crippen LogP contribution >= 0.6 is 23.4 Å². The molecule has 0 fully saturated rings. The SMILES string of the molecule is CCSC1=C(c2ccc(Cl)cc2)C(=O)N(c2cc(C)ccc2C)C1=O. The highest BCUT2D eigenvalue weighted by Gasteiger charge is 2.40. The molecule has 0 bridgehead atoms. The molecule has 2 amide bonds. The molecule has 0 N–H and O–H groups in total. The van der Waals surface area contributed by atoms with E-state index in [-0.39, 0.29) is 11.8 Å². The third kappa shape index (κ3) is 3.24. The number of amides is 2. The molecule has 0 aromatic heterocycles. The molecule has 0 aliphatic carbocycles. The summed E-state index contributed by atoms with van der Waals surface area (Å²) in [4.78, 5) is 28.0. The van der Waals surface area contributed by atoms with E-state index in [0.717, 1.165) is 11.1 Å². The Labute approximate surface area is 156 Å². The highest BCUT2D eigenvalue weighted by molar-refractivity contribution is 8.04. The van der Waals surface area contributed by atoms with Gasteiger partial charge in [0.1, 0.15) is 0 Å². The fraction of sp³-hybridized carbons (Fsp3) is 0.200. The number of halogens is 1. The Bertz CT molecular complexity index is 887. The van der Waals surface area contributed by atoms with E-state index >= 15 is 0 Å². The summed E-state index contributed by atoms with van der Waals surface area (Å²) in [6.45, 7) is 5.82. The van der Waals surface area contributed by atoms with Crippen molar-refractivity contribution in [3.8, 4) is 0 Å². The predicted molar refractivity (Wildman–Crippen MR) is 105 cm³/mol. The molecule has 2 aromatic rings. The van der Waals surface area contributed by atoms with E-state index in [4.69, 9.17) is 11.6 Å². The normalized spacial score (nSPS) is 14.6. The molecule has 0 unspecified atom stereocenters. The van der Waals surface area contributed by atoms with Gasteiger partial charge in [-0.3, -0.25) is 9.59 Å². The van der Waals surface area contributed by atoms with Gasteiger partial charge in [-0.25, -0.2) is 4.90 Å². The maximum atomic E-state index is 13.2. The first-order chi connectivity index (χ1) is 11.9. The number of carbonyl (C=O) groups is 2. The van der Waals surface area contributed by atoms with E-state index in [2.05, 4.69) is 0 Å². The minimum absolute atomic E-state index is 0.254. The van der Waals surface area contributed by atoms with Gasteiger partial charge < -0.3 is 0 Å². The number of thioether (sulfide) groups is 1. The van der Waals surface area contributed by atoms with Crippen molar-refractivity contribution in [1.29, 1.82) is 0 Å². The third-order valence-electron chi connectivity index (χ3n) is 4.07. The standard InChI is InChI=1S/C20H18ClNO2S/c1-4-25-18-17(14-7-9-15(21)10-8-14)19(23)22(20(18)24)16-11-12(2)5-6-13(16)3/h5-11H,4H2,1-3H3. The van der Waals surface area contributed by atoms with Gasteiger partial charge in [0, 0.05) is 5.02 Å². The van der Waals surface area contributed by atoms with Gasteiger partial charge in [0.25, 0.3) is 11.8 Å². The van der Waals surface area contributed by atoms with Gasteiger partial charge >= 0.3 is 0 Å². The lowest BCUT2D eigenvalue weighted by Crippen LogP contribution is -2.32. The molecule has 3 rings (SSSR count). The Morgan fingerprint density at radius 2 is 1.68 bits per heavy atom. The molecule has 5 heteroatoms. The Morgan fingerprint density at radius 3 is 2.32 bits per heavy atom. The number of carbonyl (C=O) groups excluding carboxylic acids is 2. The molecule has 1 aliphatic rings. The Kier molecular flexibility index (Phi) is 5.02. The van der Waals surface area contributed by atoms with Crippen LogP contribution in [0.25, 0.3) is 5.57 Å². The van der Waals surface area contributed by atoms with Crippen molar-refractivity contribution in [2.75, 3.05) is 10.7 Å². The number of rotatable bonds is 4. The van der Waals surface area contributed by atoms with E-state index < -0.39 is 0 Å². The molecule has 1 aliphatic heterocycles. The van der Waals surface area contributed by atoms with Crippen molar-refractivity contribution in [3.05, 3.63) is 69.1 Å². The van der Waals surface area contributed by atoms with Crippen LogP contribution in [0.3, 0.4) is 0 Å². The fourth-order valence-electron chi connectivity index (χ4n) is 2.84. The Balaban J connectivity index is 2.13. The first-order valence-electron chi connectivity index (χ1n) is 8.03. The summed E-state index contributed by atoms with van der Waals surface area (Å²) in [5, 5.41) is 0.595. The van der Waals surface area contributed by atoms with Gasteiger partial charge in [-0.1, -0.05) is 42.8 Å². The zero-order valence-electron chi connectivity index (χ0n) is 14.3. The van der Waals surface area contributed by atoms with Crippen LogP contribution in [0.5, 0.6) is 0 Å². The lowest BCUT2D eigenvalue weighted by Gasteiger charge is -2.18. The average Bonchev–Trinajstić information content (AvgIpc) is 2.82. The summed E-state index contributed by atoms with van der Waals surface area (Å²) in [5.74, 6) is 0.180. The number of aryl methyl sites for hydroxylation is 2. The highest BCUT2D eigenvalue weighted by atomic mass is 35.5. The average molecular weight is 372 g/mol. The number of benzene rings is 2. The van der Waals surface area contributed by atoms with Crippen LogP contribution in [-0.4, -0.2) is 17.6 Å². The summed E-state index contributed by atoms with van der Waals surface area (Å²) < 4.78 is 0. The topological polar surface area (TPSA) is 37.4 Å². The molecule has 128 valence electrons. The Hall–Kier alpha value is -2.04. The van der Waals surface area contributed by atoms with Crippen LogP contribution < -0.4 is 4.90 Å². The summed E-state index contributed by atoms with van der Waals surface area (Å²) >= 11 is 7.36. The second-order valence-corrected chi connectivity index (χ2v) is 7.59. The summed E-state index contributed by atoms with van der Waals surface area (Å²) in [7, 11) is 0. The zero-order chi connectivity index (χ0) is 18.1. The fourth-order valence-corrected chi connectivity index (χ4v) is 3.82.